The number of nitrogens with one attached hydrogen (secondary N) is 1. The Morgan fingerprint density at radius 1 is 1.12 bits per heavy atom. The second-order valence-electron chi connectivity index (χ2n) is 6.40. The number of amides is 2. The highest BCUT2D eigenvalue weighted by molar-refractivity contribution is 5.84. The Balaban J connectivity index is 1.41. The summed E-state index contributed by atoms with van der Waals surface area (Å²) in [5.41, 5.74) is 1.22. The molecule has 2 aromatic rings. The van der Waals surface area contributed by atoms with Crippen LogP contribution in [-0.4, -0.2) is 40.9 Å². The van der Waals surface area contributed by atoms with Crippen LogP contribution in [0.5, 0.6) is 0 Å². The summed E-state index contributed by atoms with van der Waals surface area (Å²) in [5, 5.41) is 4.17. The van der Waals surface area contributed by atoms with Gasteiger partial charge >= 0.3 is 0 Å². The molecule has 3 rings (SSSR count). The van der Waals surface area contributed by atoms with E-state index in [1.165, 1.54) is 10.9 Å². The van der Waals surface area contributed by atoms with Gasteiger partial charge in [0, 0.05) is 37.8 Å². The SMILES string of the molecule is O=C(CN1CCCCCC1=O)NCCCn1ccc2ccccc21. The Morgan fingerprint density at radius 2 is 2.00 bits per heavy atom. The summed E-state index contributed by atoms with van der Waals surface area (Å²) in [6.07, 6.45) is 6.56. The van der Waals surface area contributed by atoms with Crippen molar-refractivity contribution >= 4 is 22.7 Å². The van der Waals surface area contributed by atoms with Crippen molar-refractivity contribution in [1.82, 2.24) is 14.8 Å². The number of hydrogen-bond donors (Lipinski definition) is 1. The van der Waals surface area contributed by atoms with Crippen LogP contribution in [-0.2, 0) is 16.1 Å². The van der Waals surface area contributed by atoms with Crippen LogP contribution >= 0.6 is 0 Å². The van der Waals surface area contributed by atoms with E-state index in [-0.39, 0.29) is 18.4 Å². The Kier molecular flexibility index (Phi) is 5.51. The quantitative estimate of drug-likeness (QED) is 0.829. The van der Waals surface area contributed by atoms with Gasteiger partial charge in [0.25, 0.3) is 0 Å². The normalized spacial score (nSPS) is 15.5. The maximum Gasteiger partial charge on any atom is 0.239 e. The van der Waals surface area contributed by atoms with Crippen LogP contribution in [0.4, 0.5) is 0 Å². The van der Waals surface area contributed by atoms with Crippen LogP contribution in [0.15, 0.2) is 36.5 Å². The molecule has 1 aromatic heterocycles. The van der Waals surface area contributed by atoms with Crippen molar-refractivity contribution in [3.05, 3.63) is 36.5 Å². The molecule has 0 radical (unpaired) electrons. The largest absolute Gasteiger partial charge is 0.354 e. The summed E-state index contributed by atoms with van der Waals surface area (Å²) in [7, 11) is 0. The van der Waals surface area contributed by atoms with Gasteiger partial charge in [0.2, 0.25) is 11.8 Å². The number of carbonyl (C=O) groups is 2. The second-order valence-corrected chi connectivity index (χ2v) is 6.40. The van der Waals surface area contributed by atoms with Gasteiger partial charge in [0.15, 0.2) is 0 Å². The molecule has 2 heterocycles. The minimum Gasteiger partial charge on any atom is -0.354 e. The van der Waals surface area contributed by atoms with Crippen molar-refractivity contribution in [2.45, 2.75) is 38.6 Å². The van der Waals surface area contributed by atoms with Crippen molar-refractivity contribution < 1.29 is 9.59 Å². The van der Waals surface area contributed by atoms with Crippen LogP contribution < -0.4 is 5.32 Å². The van der Waals surface area contributed by atoms with Gasteiger partial charge in [-0.3, -0.25) is 9.59 Å². The molecule has 0 spiro atoms. The predicted molar refractivity (Wildman–Crippen MR) is 94.6 cm³/mol. The van der Waals surface area contributed by atoms with E-state index >= 15 is 0 Å². The molecule has 1 aliphatic rings. The fraction of sp³-hybridized carbons (Fsp3) is 0.474. The Labute approximate surface area is 142 Å². The molecule has 24 heavy (non-hydrogen) atoms. The first-order valence-electron chi connectivity index (χ1n) is 8.82. The molecule has 0 atom stereocenters. The smallest absolute Gasteiger partial charge is 0.239 e. The number of rotatable bonds is 6. The molecule has 1 saturated heterocycles. The first kappa shape index (κ1) is 16.6. The van der Waals surface area contributed by atoms with Crippen molar-refractivity contribution in [2.24, 2.45) is 0 Å². The lowest BCUT2D eigenvalue weighted by molar-refractivity contribution is -0.135. The van der Waals surface area contributed by atoms with Gasteiger partial charge in [-0.05, 0) is 36.8 Å². The van der Waals surface area contributed by atoms with Crippen molar-refractivity contribution in [2.75, 3.05) is 19.6 Å². The molecule has 0 unspecified atom stereocenters. The molecule has 1 N–H and O–H groups in total. The molecular formula is C19H25N3O2. The maximum absolute atomic E-state index is 12.0. The summed E-state index contributed by atoms with van der Waals surface area (Å²) < 4.78 is 2.21. The predicted octanol–water partition coefficient (Wildman–Crippen LogP) is 2.55. The number of para-hydroxylation sites is 1. The van der Waals surface area contributed by atoms with Crippen LogP contribution in [0, 0.1) is 0 Å². The van der Waals surface area contributed by atoms with Gasteiger partial charge in [-0.2, -0.15) is 0 Å². The molecule has 5 nitrogen and oxygen atoms in total. The molecule has 5 heteroatoms. The number of hydrogen-bond acceptors (Lipinski definition) is 2. The fourth-order valence-electron chi connectivity index (χ4n) is 3.25. The monoisotopic (exact) mass is 327 g/mol. The molecule has 1 fully saturated rings. The molecule has 0 saturated carbocycles. The first-order valence-corrected chi connectivity index (χ1v) is 8.82. The van der Waals surface area contributed by atoms with Crippen LogP contribution in [0.3, 0.4) is 0 Å². The summed E-state index contributed by atoms with van der Waals surface area (Å²) in [5.74, 6) is 0.0593. The maximum atomic E-state index is 12.0. The topological polar surface area (TPSA) is 54.3 Å². The molecule has 1 aromatic carbocycles. The number of aromatic nitrogens is 1. The number of aryl methyl sites for hydroxylation is 1. The van der Waals surface area contributed by atoms with Crippen LogP contribution in [0.25, 0.3) is 10.9 Å². The van der Waals surface area contributed by atoms with E-state index in [4.69, 9.17) is 0 Å². The van der Waals surface area contributed by atoms with Crippen molar-refractivity contribution in [3.63, 3.8) is 0 Å². The molecule has 0 bridgehead atoms. The Morgan fingerprint density at radius 3 is 2.92 bits per heavy atom. The van der Waals surface area contributed by atoms with E-state index in [0.29, 0.717) is 19.5 Å². The summed E-state index contributed by atoms with van der Waals surface area (Å²) in [6.45, 7) is 2.41. The highest BCUT2D eigenvalue weighted by Gasteiger charge is 2.18. The van der Waals surface area contributed by atoms with Gasteiger partial charge in [0.1, 0.15) is 0 Å². The zero-order valence-corrected chi connectivity index (χ0v) is 14.0. The minimum absolute atomic E-state index is 0.0531. The van der Waals surface area contributed by atoms with Gasteiger partial charge < -0.3 is 14.8 Å². The average Bonchev–Trinajstić information content (AvgIpc) is 2.89. The number of benzene rings is 1. The van der Waals surface area contributed by atoms with Crippen molar-refractivity contribution in [3.8, 4) is 0 Å². The van der Waals surface area contributed by atoms with Gasteiger partial charge in [0.05, 0.1) is 6.54 Å². The van der Waals surface area contributed by atoms with Crippen LogP contribution in [0.1, 0.15) is 32.1 Å². The minimum atomic E-state index is -0.0531. The Bertz CT molecular complexity index is 707. The zero-order valence-electron chi connectivity index (χ0n) is 14.0. The number of fused-ring (bicyclic) bond motifs is 1. The van der Waals surface area contributed by atoms with Gasteiger partial charge in [-0.1, -0.05) is 24.6 Å². The second kappa shape index (κ2) is 7.99. The lowest BCUT2D eigenvalue weighted by Gasteiger charge is -2.19. The van der Waals surface area contributed by atoms with E-state index < -0.39 is 0 Å². The van der Waals surface area contributed by atoms with Crippen molar-refractivity contribution in [1.29, 1.82) is 0 Å². The molecule has 2 amide bonds. The van der Waals surface area contributed by atoms with E-state index in [2.05, 4.69) is 34.3 Å². The highest BCUT2D eigenvalue weighted by Crippen LogP contribution is 2.15. The van der Waals surface area contributed by atoms with Gasteiger partial charge in [-0.15, -0.1) is 0 Å². The highest BCUT2D eigenvalue weighted by atomic mass is 16.2. The van der Waals surface area contributed by atoms with Crippen LogP contribution in [0.2, 0.25) is 0 Å². The number of nitrogens with zero attached hydrogens (tertiary/aromatic N) is 2. The molecule has 0 aliphatic carbocycles. The fourth-order valence-corrected chi connectivity index (χ4v) is 3.25. The Hall–Kier alpha value is -2.30. The summed E-state index contributed by atoms with van der Waals surface area (Å²) in [4.78, 5) is 25.6. The molecular weight excluding hydrogens is 302 g/mol. The number of likely N-dealkylation sites (tertiary alicyclic amines) is 1. The third-order valence-electron chi connectivity index (χ3n) is 4.58. The lowest BCUT2D eigenvalue weighted by atomic mass is 10.2. The molecule has 1 aliphatic heterocycles. The summed E-state index contributed by atoms with van der Waals surface area (Å²) in [6, 6.07) is 10.4. The lowest BCUT2D eigenvalue weighted by Crippen LogP contribution is -2.40. The number of carbonyl (C=O) groups excluding carboxylic acids is 2. The third-order valence-corrected chi connectivity index (χ3v) is 4.58. The zero-order chi connectivity index (χ0) is 16.8. The summed E-state index contributed by atoms with van der Waals surface area (Å²) >= 11 is 0. The molecule has 128 valence electrons. The third kappa shape index (κ3) is 4.16. The van der Waals surface area contributed by atoms with E-state index in [1.54, 1.807) is 4.90 Å². The van der Waals surface area contributed by atoms with E-state index in [0.717, 1.165) is 32.2 Å². The van der Waals surface area contributed by atoms with E-state index in [9.17, 15) is 9.59 Å². The van der Waals surface area contributed by atoms with E-state index in [1.807, 2.05) is 12.1 Å². The first-order chi connectivity index (χ1) is 11.7. The average molecular weight is 327 g/mol. The standard InChI is InChI=1S/C19H25N3O2/c23-18(15-22-12-5-1-2-9-19(22)24)20-11-6-13-21-14-10-16-7-3-4-8-17(16)21/h3-4,7-8,10,14H,1-2,5-6,9,11-13,15H2,(H,20,23). The van der Waals surface area contributed by atoms with Gasteiger partial charge in [-0.25, -0.2) is 0 Å².